The second kappa shape index (κ2) is 59.9. The van der Waals surface area contributed by atoms with E-state index in [1.807, 2.05) is 0 Å². The molecule has 9 atom stereocenters. The molecule has 1 aliphatic heterocycles. The molecule has 1 amide bonds. The lowest BCUT2D eigenvalue weighted by Crippen LogP contribution is -2.60. The van der Waals surface area contributed by atoms with Crippen LogP contribution in [0.5, 0.6) is 0 Å². The number of nitrogens with one attached hydrogen (secondary N) is 1. The minimum Gasteiger partial charge on any atom is -0.394 e. The summed E-state index contributed by atoms with van der Waals surface area (Å²) >= 11 is 0. The third-order valence-corrected chi connectivity index (χ3v) is 17.5. The van der Waals surface area contributed by atoms with Crippen LogP contribution < -0.4 is 5.32 Å². The van der Waals surface area contributed by atoms with Gasteiger partial charge >= 0.3 is 0 Å². The van der Waals surface area contributed by atoms with Crippen LogP contribution in [0.2, 0.25) is 0 Å². The number of aliphatic hydroxyl groups is 7. The van der Waals surface area contributed by atoms with Gasteiger partial charge in [-0.2, -0.15) is 0 Å². The van der Waals surface area contributed by atoms with Gasteiger partial charge in [-0.25, -0.2) is 0 Å². The predicted octanol–water partition coefficient (Wildman–Crippen LogP) is 17.2. The first-order valence-corrected chi connectivity index (χ1v) is 35.7. The van der Waals surface area contributed by atoms with Crippen LogP contribution >= 0.6 is 0 Å². The molecule has 0 saturated carbocycles. The molecule has 1 fully saturated rings. The number of aliphatic hydroxyl groups excluding tert-OH is 7. The normalized spacial score (nSPS) is 19.2. The maximum Gasteiger partial charge on any atom is 0.249 e. The van der Waals surface area contributed by atoms with Crippen LogP contribution in [-0.2, 0) is 14.3 Å². The van der Waals surface area contributed by atoms with E-state index in [0.29, 0.717) is 12.8 Å². The van der Waals surface area contributed by atoms with Gasteiger partial charge in [0.05, 0.1) is 25.4 Å². The molecule has 1 saturated heterocycles. The van der Waals surface area contributed by atoms with Crippen molar-refractivity contribution < 1.29 is 50.0 Å². The first-order valence-electron chi connectivity index (χ1n) is 35.7. The second-order valence-electron chi connectivity index (χ2n) is 25.3. The Morgan fingerprint density at radius 3 is 1.05 bits per heavy atom. The molecule has 0 bridgehead atoms. The summed E-state index contributed by atoms with van der Waals surface area (Å²) in [6.07, 6.45) is 64.1. The number of amides is 1. The van der Waals surface area contributed by atoms with E-state index in [4.69, 9.17) is 9.47 Å². The maximum atomic E-state index is 13.2. The number of ether oxygens (including phenoxy) is 2. The number of rotatable bonds is 63. The van der Waals surface area contributed by atoms with Gasteiger partial charge in [0, 0.05) is 0 Å². The molecule has 0 aromatic heterocycles. The molecule has 0 aliphatic carbocycles. The molecule has 9 unspecified atom stereocenters. The molecule has 0 radical (unpaired) electrons. The van der Waals surface area contributed by atoms with Crippen LogP contribution in [0.1, 0.15) is 354 Å². The van der Waals surface area contributed by atoms with Crippen LogP contribution in [0.15, 0.2) is 24.3 Å². The Kier molecular flexibility index (Phi) is 57.4. The third-order valence-electron chi connectivity index (χ3n) is 17.5. The molecule has 1 rings (SSSR count). The van der Waals surface area contributed by atoms with Crippen LogP contribution in [0.3, 0.4) is 0 Å². The van der Waals surface area contributed by atoms with E-state index in [9.17, 15) is 40.5 Å². The molecular formula is C71H137NO10. The van der Waals surface area contributed by atoms with Crippen molar-refractivity contribution in [1.29, 1.82) is 0 Å². The molecule has 1 heterocycles. The van der Waals surface area contributed by atoms with E-state index in [1.54, 1.807) is 0 Å². The van der Waals surface area contributed by atoms with Gasteiger partial charge in [0.25, 0.3) is 0 Å². The van der Waals surface area contributed by atoms with E-state index in [1.165, 1.54) is 270 Å². The fourth-order valence-corrected chi connectivity index (χ4v) is 11.7. The molecule has 486 valence electrons. The SMILES string of the molecule is CCCCCCCCCCCCCC/C=C\CCCCCCCCCCC(O)C(=O)NC(COC1OC(CO)C(O)C(O)C1O)C(O)C(O)CCC/C=C/CCCCCCCCCCCCCCCCCCCCCCCCCCCC. The molecule has 1 aliphatic rings. The van der Waals surface area contributed by atoms with E-state index < -0.39 is 74.2 Å². The minimum absolute atomic E-state index is 0.252. The standard InChI is InChI=1S/C71H137NO10/c1-3-5-7-9-11-13-15-17-19-21-23-25-27-29-30-31-32-33-34-35-37-38-40-42-44-46-48-50-52-54-56-58-63(74)66(76)62(61-81-71-69(79)68(78)67(77)65(60-73)82-71)72-70(80)64(75)59-57-55-53-51-49-47-45-43-41-39-36-28-26-24-22-20-18-16-14-12-10-8-6-4-2/h36,39,50,52,62-69,71,73-79H,3-35,37-38,40-49,51,53-61H2,1-2H3,(H,72,80)/b39-36-,52-50+. The Hall–Kier alpha value is -1.41. The van der Waals surface area contributed by atoms with E-state index in [2.05, 4.69) is 43.5 Å². The number of allylic oxidation sites excluding steroid dienone is 4. The predicted molar refractivity (Wildman–Crippen MR) is 344 cm³/mol. The van der Waals surface area contributed by atoms with Gasteiger partial charge in [-0.3, -0.25) is 4.79 Å². The van der Waals surface area contributed by atoms with Crippen molar-refractivity contribution in [1.82, 2.24) is 5.32 Å². The van der Waals surface area contributed by atoms with Crippen LogP contribution in [-0.4, -0.2) is 110 Å². The summed E-state index contributed by atoms with van der Waals surface area (Å²) in [4.78, 5) is 13.2. The van der Waals surface area contributed by atoms with Crippen molar-refractivity contribution in [3.63, 3.8) is 0 Å². The molecule has 11 heteroatoms. The average molecular weight is 1160 g/mol. The molecule has 0 aromatic rings. The Bertz CT molecular complexity index is 1380. The first kappa shape index (κ1) is 78.6. The molecule has 0 spiro atoms. The zero-order valence-corrected chi connectivity index (χ0v) is 53.8. The van der Waals surface area contributed by atoms with Crippen LogP contribution in [0, 0.1) is 0 Å². The lowest BCUT2D eigenvalue weighted by Gasteiger charge is -2.40. The largest absolute Gasteiger partial charge is 0.394 e. The number of hydrogen-bond acceptors (Lipinski definition) is 10. The zero-order valence-electron chi connectivity index (χ0n) is 53.8. The van der Waals surface area contributed by atoms with Gasteiger partial charge in [0.1, 0.15) is 36.6 Å². The summed E-state index contributed by atoms with van der Waals surface area (Å²) in [5.41, 5.74) is 0. The van der Waals surface area contributed by atoms with Crippen molar-refractivity contribution >= 4 is 5.91 Å². The van der Waals surface area contributed by atoms with Crippen molar-refractivity contribution in [2.45, 2.75) is 409 Å². The highest BCUT2D eigenvalue weighted by atomic mass is 16.7. The average Bonchev–Trinajstić information content (AvgIpc) is 3.48. The van der Waals surface area contributed by atoms with Crippen molar-refractivity contribution in [3.8, 4) is 0 Å². The fraction of sp³-hybridized carbons (Fsp3) is 0.930. The lowest BCUT2D eigenvalue weighted by atomic mass is 9.98. The van der Waals surface area contributed by atoms with Gasteiger partial charge in [0.2, 0.25) is 5.91 Å². The number of carbonyl (C=O) groups excluding carboxylic acids is 1. The smallest absolute Gasteiger partial charge is 0.249 e. The van der Waals surface area contributed by atoms with Gasteiger partial charge in [-0.15, -0.1) is 0 Å². The Balaban J connectivity index is 2.20. The molecule has 82 heavy (non-hydrogen) atoms. The van der Waals surface area contributed by atoms with E-state index in [0.717, 1.165) is 44.9 Å². The zero-order chi connectivity index (χ0) is 59.6. The summed E-state index contributed by atoms with van der Waals surface area (Å²) in [7, 11) is 0. The van der Waals surface area contributed by atoms with E-state index >= 15 is 0 Å². The van der Waals surface area contributed by atoms with Gasteiger partial charge in [-0.1, -0.05) is 314 Å². The van der Waals surface area contributed by atoms with Gasteiger partial charge < -0.3 is 50.5 Å². The third kappa shape index (κ3) is 46.8. The topological polar surface area (TPSA) is 189 Å². The van der Waals surface area contributed by atoms with Crippen molar-refractivity contribution in [2.75, 3.05) is 13.2 Å². The van der Waals surface area contributed by atoms with Gasteiger partial charge in [0.15, 0.2) is 6.29 Å². The Morgan fingerprint density at radius 2 is 0.720 bits per heavy atom. The first-order chi connectivity index (χ1) is 40.2. The minimum atomic E-state index is -1.67. The molecule has 0 aromatic carbocycles. The highest BCUT2D eigenvalue weighted by molar-refractivity contribution is 5.80. The summed E-state index contributed by atoms with van der Waals surface area (Å²) in [6, 6.07) is -1.19. The second-order valence-corrected chi connectivity index (χ2v) is 25.3. The summed E-state index contributed by atoms with van der Waals surface area (Å²) in [5, 5.41) is 76.5. The van der Waals surface area contributed by atoms with Crippen molar-refractivity contribution in [3.05, 3.63) is 24.3 Å². The highest BCUT2D eigenvalue weighted by Gasteiger charge is 2.44. The fourth-order valence-electron chi connectivity index (χ4n) is 11.7. The lowest BCUT2D eigenvalue weighted by molar-refractivity contribution is -0.303. The van der Waals surface area contributed by atoms with Crippen LogP contribution in [0.25, 0.3) is 0 Å². The molecular weight excluding hydrogens is 1030 g/mol. The Morgan fingerprint density at radius 1 is 0.415 bits per heavy atom. The maximum absolute atomic E-state index is 13.2. The summed E-state index contributed by atoms with van der Waals surface area (Å²) in [6.45, 7) is 3.50. The molecule has 8 N–H and O–H groups in total. The van der Waals surface area contributed by atoms with Crippen LogP contribution in [0.4, 0.5) is 0 Å². The Labute approximate surface area is 505 Å². The number of hydrogen-bond donors (Lipinski definition) is 8. The summed E-state index contributed by atoms with van der Waals surface area (Å²) in [5.74, 6) is -0.703. The number of unbranched alkanes of at least 4 members (excludes halogenated alkanes) is 47. The van der Waals surface area contributed by atoms with Crippen molar-refractivity contribution in [2.24, 2.45) is 0 Å². The summed E-state index contributed by atoms with van der Waals surface area (Å²) < 4.78 is 11.2. The quantitative estimate of drug-likeness (QED) is 0.0215. The monoisotopic (exact) mass is 1160 g/mol. The van der Waals surface area contributed by atoms with Gasteiger partial charge in [-0.05, 0) is 64.2 Å². The number of carbonyl (C=O) groups is 1. The molecule has 11 nitrogen and oxygen atoms in total. The highest BCUT2D eigenvalue weighted by Crippen LogP contribution is 2.24. The van der Waals surface area contributed by atoms with E-state index in [-0.39, 0.29) is 12.8 Å².